The molecular weight excluding hydrogens is 470 g/mol. The molecule has 4 nitrogen and oxygen atoms in total. The standard InChI is InChI=1S/C34H31NO3/c36-34(37)20-16-26-15-19-33(32(23-26)30-18-17-28-11-7-8-12-29(28)24-30)38-22-21-35(31-13-5-2-6-14-31)25-27-9-3-1-4-10-27/h1-15,17-19,23-24H,16,20-22,25H2,(H,36,37). The van der Waals surface area contributed by atoms with E-state index in [4.69, 9.17) is 4.74 Å². The molecule has 0 radical (unpaired) electrons. The van der Waals surface area contributed by atoms with Gasteiger partial charge in [-0.2, -0.15) is 0 Å². The van der Waals surface area contributed by atoms with Gasteiger partial charge < -0.3 is 14.7 Å². The van der Waals surface area contributed by atoms with Crippen LogP contribution in [0.15, 0.2) is 121 Å². The van der Waals surface area contributed by atoms with E-state index >= 15 is 0 Å². The Hall–Kier alpha value is -4.57. The summed E-state index contributed by atoms with van der Waals surface area (Å²) in [7, 11) is 0. The van der Waals surface area contributed by atoms with Crippen LogP contribution in [0, 0.1) is 0 Å². The normalized spacial score (nSPS) is 10.8. The predicted molar refractivity (Wildman–Crippen MR) is 155 cm³/mol. The van der Waals surface area contributed by atoms with Crippen molar-refractivity contribution < 1.29 is 14.6 Å². The number of hydrogen-bond acceptors (Lipinski definition) is 3. The molecule has 190 valence electrons. The summed E-state index contributed by atoms with van der Waals surface area (Å²) in [5.41, 5.74) is 5.42. The summed E-state index contributed by atoms with van der Waals surface area (Å²) in [4.78, 5) is 13.5. The van der Waals surface area contributed by atoms with Crippen LogP contribution in [0.3, 0.4) is 0 Å². The number of benzene rings is 5. The van der Waals surface area contributed by atoms with Crippen LogP contribution in [-0.2, 0) is 17.8 Å². The van der Waals surface area contributed by atoms with Crippen molar-refractivity contribution in [1.29, 1.82) is 0 Å². The Bertz CT molecular complexity index is 1500. The molecule has 0 heterocycles. The average Bonchev–Trinajstić information content (AvgIpc) is 2.96. The number of ether oxygens (including phenoxy) is 1. The maximum atomic E-state index is 11.2. The highest BCUT2D eigenvalue weighted by Crippen LogP contribution is 2.33. The van der Waals surface area contributed by atoms with Gasteiger partial charge in [-0.3, -0.25) is 4.79 Å². The number of hydrogen-bond donors (Lipinski definition) is 1. The molecule has 5 rings (SSSR count). The van der Waals surface area contributed by atoms with Gasteiger partial charge in [0.05, 0.1) is 6.54 Å². The van der Waals surface area contributed by atoms with Crippen molar-refractivity contribution in [2.24, 2.45) is 0 Å². The molecular formula is C34H31NO3. The summed E-state index contributed by atoms with van der Waals surface area (Å²) in [6, 6.07) is 41.6. The topological polar surface area (TPSA) is 49.8 Å². The Balaban J connectivity index is 1.39. The second-order valence-electron chi connectivity index (χ2n) is 9.38. The number of aliphatic carboxylic acids is 1. The van der Waals surface area contributed by atoms with Gasteiger partial charge in [-0.15, -0.1) is 0 Å². The Morgan fingerprint density at radius 1 is 0.711 bits per heavy atom. The van der Waals surface area contributed by atoms with E-state index in [2.05, 4.69) is 89.8 Å². The number of anilines is 1. The minimum absolute atomic E-state index is 0.100. The third-order valence-corrected chi connectivity index (χ3v) is 6.69. The summed E-state index contributed by atoms with van der Waals surface area (Å²) in [5, 5.41) is 11.5. The monoisotopic (exact) mass is 501 g/mol. The maximum absolute atomic E-state index is 11.2. The molecule has 5 aromatic carbocycles. The Morgan fingerprint density at radius 2 is 1.42 bits per heavy atom. The highest BCUT2D eigenvalue weighted by molar-refractivity contribution is 5.88. The number of aryl methyl sites for hydroxylation is 1. The third kappa shape index (κ3) is 6.40. The lowest BCUT2D eigenvalue weighted by molar-refractivity contribution is -0.136. The summed E-state index contributed by atoms with van der Waals surface area (Å²) < 4.78 is 6.42. The third-order valence-electron chi connectivity index (χ3n) is 6.69. The lowest BCUT2D eigenvalue weighted by atomic mass is 9.97. The first-order valence-electron chi connectivity index (χ1n) is 13.0. The van der Waals surface area contributed by atoms with Crippen LogP contribution in [0.2, 0.25) is 0 Å². The molecule has 0 unspecified atom stereocenters. The van der Waals surface area contributed by atoms with E-state index in [0.717, 1.165) is 46.6 Å². The largest absolute Gasteiger partial charge is 0.491 e. The van der Waals surface area contributed by atoms with Crippen LogP contribution < -0.4 is 9.64 Å². The van der Waals surface area contributed by atoms with Crippen LogP contribution in [0.4, 0.5) is 5.69 Å². The lowest BCUT2D eigenvalue weighted by Gasteiger charge is -2.25. The second-order valence-corrected chi connectivity index (χ2v) is 9.38. The molecule has 0 saturated carbocycles. The molecule has 0 amide bonds. The maximum Gasteiger partial charge on any atom is 0.303 e. The van der Waals surface area contributed by atoms with E-state index in [9.17, 15) is 9.90 Å². The van der Waals surface area contributed by atoms with E-state index in [1.54, 1.807) is 0 Å². The van der Waals surface area contributed by atoms with Gasteiger partial charge in [0.2, 0.25) is 0 Å². The molecule has 0 aromatic heterocycles. The molecule has 4 heteroatoms. The molecule has 0 atom stereocenters. The number of carbonyl (C=O) groups is 1. The van der Waals surface area contributed by atoms with Gasteiger partial charge in [-0.1, -0.05) is 91.0 Å². The van der Waals surface area contributed by atoms with E-state index in [1.165, 1.54) is 10.9 Å². The summed E-state index contributed by atoms with van der Waals surface area (Å²) >= 11 is 0. The van der Waals surface area contributed by atoms with Gasteiger partial charge in [0.15, 0.2) is 0 Å². The fourth-order valence-corrected chi connectivity index (χ4v) is 4.70. The van der Waals surface area contributed by atoms with Gasteiger partial charge in [0, 0.05) is 24.2 Å². The first-order valence-corrected chi connectivity index (χ1v) is 13.0. The molecule has 0 fully saturated rings. The highest BCUT2D eigenvalue weighted by Gasteiger charge is 2.12. The van der Waals surface area contributed by atoms with Crippen molar-refractivity contribution in [2.45, 2.75) is 19.4 Å². The van der Waals surface area contributed by atoms with Gasteiger partial charge in [-0.05, 0) is 64.2 Å². The first kappa shape index (κ1) is 25.1. The van der Waals surface area contributed by atoms with Crippen LogP contribution in [0.25, 0.3) is 21.9 Å². The highest BCUT2D eigenvalue weighted by atomic mass is 16.5. The molecule has 0 aliphatic rings. The molecule has 0 bridgehead atoms. The zero-order valence-electron chi connectivity index (χ0n) is 21.3. The van der Waals surface area contributed by atoms with E-state index in [0.29, 0.717) is 13.0 Å². The van der Waals surface area contributed by atoms with E-state index < -0.39 is 5.97 Å². The van der Waals surface area contributed by atoms with E-state index in [-0.39, 0.29) is 6.42 Å². The van der Waals surface area contributed by atoms with Crippen LogP contribution in [0.5, 0.6) is 5.75 Å². The van der Waals surface area contributed by atoms with Crippen molar-refractivity contribution in [3.63, 3.8) is 0 Å². The molecule has 5 aromatic rings. The van der Waals surface area contributed by atoms with Gasteiger partial charge >= 0.3 is 5.97 Å². The summed E-state index contributed by atoms with van der Waals surface area (Å²) in [6.07, 6.45) is 0.581. The number of nitrogens with zero attached hydrogens (tertiary/aromatic N) is 1. The lowest BCUT2D eigenvalue weighted by Crippen LogP contribution is -2.28. The van der Waals surface area contributed by atoms with Crippen molar-refractivity contribution in [2.75, 3.05) is 18.1 Å². The second kappa shape index (κ2) is 12.1. The van der Waals surface area contributed by atoms with E-state index in [1.807, 2.05) is 36.4 Å². The zero-order valence-corrected chi connectivity index (χ0v) is 21.3. The number of rotatable bonds is 11. The number of carboxylic acid groups (broad SMARTS) is 1. The van der Waals surface area contributed by atoms with Crippen molar-refractivity contribution in [3.05, 3.63) is 132 Å². The molecule has 0 aliphatic carbocycles. The average molecular weight is 502 g/mol. The van der Waals surface area contributed by atoms with Crippen LogP contribution >= 0.6 is 0 Å². The quantitative estimate of drug-likeness (QED) is 0.202. The molecule has 0 saturated heterocycles. The van der Waals surface area contributed by atoms with Crippen molar-refractivity contribution in [1.82, 2.24) is 0 Å². The van der Waals surface area contributed by atoms with Gasteiger partial charge in [-0.25, -0.2) is 0 Å². The number of fused-ring (bicyclic) bond motifs is 1. The molecule has 0 spiro atoms. The Labute approximate surface area is 223 Å². The SMILES string of the molecule is O=C(O)CCc1ccc(OCCN(Cc2ccccc2)c2ccccc2)c(-c2ccc3ccccc3c2)c1. The fourth-order valence-electron chi connectivity index (χ4n) is 4.70. The minimum atomic E-state index is -0.794. The first-order chi connectivity index (χ1) is 18.7. The van der Waals surface area contributed by atoms with Crippen molar-refractivity contribution >= 4 is 22.4 Å². The Kier molecular flexibility index (Phi) is 8.00. The fraction of sp³-hybridized carbons (Fsp3) is 0.147. The molecule has 38 heavy (non-hydrogen) atoms. The van der Waals surface area contributed by atoms with Crippen molar-refractivity contribution in [3.8, 4) is 16.9 Å². The molecule has 1 N–H and O–H groups in total. The predicted octanol–water partition coefficient (Wildman–Crippen LogP) is 7.61. The van der Waals surface area contributed by atoms with Gasteiger partial charge in [0.25, 0.3) is 0 Å². The zero-order chi connectivity index (χ0) is 26.2. The number of carboxylic acids is 1. The smallest absolute Gasteiger partial charge is 0.303 e. The van der Waals surface area contributed by atoms with Crippen LogP contribution in [0.1, 0.15) is 17.5 Å². The Morgan fingerprint density at radius 3 is 2.18 bits per heavy atom. The van der Waals surface area contributed by atoms with Gasteiger partial charge in [0.1, 0.15) is 12.4 Å². The van der Waals surface area contributed by atoms with Crippen LogP contribution in [-0.4, -0.2) is 24.2 Å². The number of para-hydroxylation sites is 1. The minimum Gasteiger partial charge on any atom is -0.491 e. The summed E-state index contributed by atoms with van der Waals surface area (Å²) in [6.45, 7) is 2.02. The molecule has 0 aliphatic heterocycles. The summed E-state index contributed by atoms with van der Waals surface area (Å²) in [5.74, 6) is 0.00378.